The van der Waals surface area contributed by atoms with Crippen molar-refractivity contribution in [1.82, 2.24) is 4.72 Å². The average Bonchev–Trinajstić information content (AvgIpc) is 2.70. The van der Waals surface area contributed by atoms with Gasteiger partial charge >= 0.3 is 0 Å². The van der Waals surface area contributed by atoms with E-state index in [2.05, 4.69) is 10.0 Å². The molecule has 1 amide bonds. The number of hydrogen-bond donors (Lipinski definition) is 2. The molecule has 0 aliphatic carbocycles. The van der Waals surface area contributed by atoms with Gasteiger partial charge in [0.25, 0.3) is 0 Å². The fraction of sp³-hybridized carbons (Fsp3) is 0.136. The number of benzene rings is 3. The zero-order chi connectivity index (χ0) is 20.9. The fourth-order valence-electron chi connectivity index (χ4n) is 2.59. The maximum Gasteiger partial charge on any atom is 0.242 e. The third-order valence-corrected chi connectivity index (χ3v) is 6.81. The lowest BCUT2D eigenvalue weighted by Gasteiger charge is -2.16. The van der Waals surface area contributed by atoms with Crippen molar-refractivity contribution in [1.29, 1.82) is 0 Å². The van der Waals surface area contributed by atoms with E-state index in [1.54, 1.807) is 18.2 Å². The molecule has 1 atom stereocenters. The number of aryl methyl sites for hydroxylation is 1. The number of para-hydroxylation sites is 1. The van der Waals surface area contributed by atoms with Gasteiger partial charge in [0.15, 0.2) is 0 Å². The summed E-state index contributed by atoms with van der Waals surface area (Å²) in [5, 5.41) is 2.83. The number of sulfonamides is 1. The maximum absolute atomic E-state index is 12.6. The molecule has 5 nitrogen and oxygen atoms in total. The molecule has 0 saturated heterocycles. The molecule has 0 aromatic heterocycles. The predicted octanol–water partition coefficient (Wildman–Crippen LogP) is 4.45. The van der Waals surface area contributed by atoms with Gasteiger partial charge in [-0.05, 0) is 50.2 Å². The summed E-state index contributed by atoms with van der Waals surface area (Å²) in [6.45, 7) is 3.40. The third-order valence-electron chi connectivity index (χ3n) is 4.17. The SMILES string of the molecule is Cc1ccc(S(=O)(=O)N[C@@H](C)C(=O)Nc2ccccc2Sc2ccccc2)cc1. The average molecular weight is 427 g/mol. The second-order valence-corrected chi connectivity index (χ2v) is 9.39. The Morgan fingerprint density at radius 3 is 2.21 bits per heavy atom. The number of hydrogen-bond acceptors (Lipinski definition) is 4. The minimum atomic E-state index is -3.79. The molecule has 0 aliphatic heterocycles. The molecule has 7 heteroatoms. The Kier molecular flexibility index (Phi) is 6.74. The van der Waals surface area contributed by atoms with Gasteiger partial charge in [0, 0.05) is 9.79 Å². The van der Waals surface area contributed by atoms with Gasteiger partial charge in [-0.15, -0.1) is 0 Å². The van der Waals surface area contributed by atoms with E-state index in [1.165, 1.54) is 30.8 Å². The smallest absolute Gasteiger partial charge is 0.242 e. The highest BCUT2D eigenvalue weighted by molar-refractivity contribution is 7.99. The molecule has 29 heavy (non-hydrogen) atoms. The van der Waals surface area contributed by atoms with Crippen molar-refractivity contribution in [3.63, 3.8) is 0 Å². The lowest BCUT2D eigenvalue weighted by molar-refractivity contribution is -0.117. The van der Waals surface area contributed by atoms with Crippen LogP contribution in [0.25, 0.3) is 0 Å². The minimum Gasteiger partial charge on any atom is -0.324 e. The summed E-state index contributed by atoms with van der Waals surface area (Å²) >= 11 is 1.53. The Morgan fingerprint density at radius 1 is 0.897 bits per heavy atom. The summed E-state index contributed by atoms with van der Waals surface area (Å²) in [6.07, 6.45) is 0. The molecule has 3 aromatic carbocycles. The van der Waals surface area contributed by atoms with Crippen molar-refractivity contribution in [2.24, 2.45) is 0 Å². The molecule has 0 fully saturated rings. The van der Waals surface area contributed by atoms with Crippen molar-refractivity contribution in [3.8, 4) is 0 Å². The lowest BCUT2D eigenvalue weighted by atomic mass is 10.2. The normalized spacial score (nSPS) is 12.3. The lowest BCUT2D eigenvalue weighted by Crippen LogP contribution is -2.41. The molecule has 0 saturated carbocycles. The quantitative estimate of drug-likeness (QED) is 0.585. The van der Waals surface area contributed by atoms with Gasteiger partial charge < -0.3 is 5.32 Å². The standard InChI is InChI=1S/C22H22N2O3S2/c1-16-12-14-19(15-13-16)29(26,27)24-17(2)22(25)23-20-10-6-7-11-21(20)28-18-8-4-3-5-9-18/h3-15,17,24H,1-2H3,(H,23,25)/t17-/m0/s1. The van der Waals surface area contributed by atoms with Gasteiger partial charge in [0.05, 0.1) is 16.6 Å². The second kappa shape index (κ2) is 9.26. The van der Waals surface area contributed by atoms with E-state index in [1.807, 2.05) is 55.5 Å². The molecule has 0 unspecified atom stereocenters. The molecular weight excluding hydrogens is 404 g/mol. The van der Waals surface area contributed by atoms with Gasteiger partial charge in [-0.3, -0.25) is 4.79 Å². The molecular formula is C22H22N2O3S2. The first-order chi connectivity index (χ1) is 13.8. The van der Waals surface area contributed by atoms with Crippen molar-refractivity contribution in [3.05, 3.63) is 84.4 Å². The molecule has 2 N–H and O–H groups in total. The summed E-state index contributed by atoms with van der Waals surface area (Å²) in [5.74, 6) is -0.429. The Hall–Kier alpha value is -2.61. The van der Waals surface area contributed by atoms with E-state index in [4.69, 9.17) is 0 Å². The van der Waals surface area contributed by atoms with Gasteiger partial charge in [0.1, 0.15) is 0 Å². The number of nitrogens with one attached hydrogen (secondary N) is 2. The van der Waals surface area contributed by atoms with E-state index in [0.29, 0.717) is 5.69 Å². The van der Waals surface area contributed by atoms with Crippen LogP contribution in [0.1, 0.15) is 12.5 Å². The zero-order valence-electron chi connectivity index (χ0n) is 16.1. The first-order valence-electron chi connectivity index (χ1n) is 9.07. The highest BCUT2D eigenvalue weighted by Crippen LogP contribution is 2.33. The van der Waals surface area contributed by atoms with Crippen LogP contribution < -0.4 is 10.0 Å². The van der Waals surface area contributed by atoms with Crippen LogP contribution in [0.15, 0.2) is 93.5 Å². The van der Waals surface area contributed by atoms with Crippen LogP contribution in [0.5, 0.6) is 0 Å². The monoisotopic (exact) mass is 426 g/mol. The molecule has 0 spiro atoms. The van der Waals surface area contributed by atoms with Gasteiger partial charge in [0.2, 0.25) is 15.9 Å². The number of amides is 1. The third kappa shape index (κ3) is 5.69. The predicted molar refractivity (Wildman–Crippen MR) is 117 cm³/mol. The Labute approximate surface area is 175 Å². The molecule has 3 aromatic rings. The Bertz CT molecular complexity index is 1080. The first-order valence-corrected chi connectivity index (χ1v) is 11.4. The van der Waals surface area contributed by atoms with Crippen molar-refractivity contribution >= 4 is 33.4 Å². The van der Waals surface area contributed by atoms with Crippen molar-refractivity contribution in [2.45, 2.75) is 34.6 Å². The summed E-state index contributed by atoms with van der Waals surface area (Å²) in [7, 11) is -3.79. The topological polar surface area (TPSA) is 75.3 Å². The molecule has 3 rings (SSSR count). The molecule has 0 bridgehead atoms. The maximum atomic E-state index is 12.6. The van der Waals surface area contributed by atoms with E-state index < -0.39 is 22.0 Å². The van der Waals surface area contributed by atoms with Gasteiger partial charge in [-0.1, -0.05) is 59.8 Å². The number of carbonyl (C=O) groups excluding carboxylic acids is 1. The van der Waals surface area contributed by atoms with Crippen LogP contribution in [0, 0.1) is 6.92 Å². The van der Waals surface area contributed by atoms with E-state index in [0.717, 1.165) is 15.4 Å². The van der Waals surface area contributed by atoms with E-state index in [9.17, 15) is 13.2 Å². The fourth-order valence-corrected chi connectivity index (χ4v) is 4.71. The number of anilines is 1. The zero-order valence-corrected chi connectivity index (χ0v) is 17.8. The summed E-state index contributed by atoms with van der Waals surface area (Å²) in [6, 6.07) is 22.8. The Morgan fingerprint density at radius 2 is 1.52 bits per heavy atom. The van der Waals surface area contributed by atoms with Crippen molar-refractivity contribution < 1.29 is 13.2 Å². The van der Waals surface area contributed by atoms with Crippen LogP contribution in [0.4, 0.5) is 5.69 Å². The van der Waals surface area contributed by atoms with Gasteiger partial charge in [-0.2, -0.15) is 4.72 Å². The van der Waals surface area contributed by atoms with Gasteiger partial charge in [-0.25, -0.2) is 8.42 Å². The molecule has 0 aliphatic rings. The van der Waals surface area contributed by atoms with E-state index in [-0.39, 0.29) is 4.90 Å². The van der Waals surface area contributed by atoms with Crippen LogP contribution in [0.3, 0.4) is 0 Å². The van der Waals surface area contributed by atoms with Crippen LogP contribution in [0.2, 0.25) is 0 Å². The number of rotatable bonds is 7. The Balaban J connectivity index is 1.71. The number of carbonyl (C=O) groups is 1. The molecule has 0 heterocycles. The van der Waals surface area contributed by atoms with Crippen molar-refractivity contribution in [2.75, 3.05) is 5.32 Å². The summed E-state index contributed by atoms with van der Waals surface area (Å²) in [4.78, 5) is 14.7. The van der Waals surface area contributed by atoms with Crippen LogP contribution in [-0.4, -0.2) is 20.4 Å². The molecule has 0 radical (unpaired) electrons. The summed E-state index contributed by atoms with van der Waals surface area (Å²) in [5.41, 5.74) is 1.59. The van der Waals surface area contributed by atoms with Crippen LogP contribution >= 0.6 is 11.8 Å². The molecule has 150 valence electrons. The summed E-state index contributed by atoms with van der Waals surface area (Å²) < 4.78 is 27.5. The first kappa shape index (κ1) is 21.1. The highest BCUT2D eigenvalue weighted by atomic mass is 32.2. The van der Waals surface area contributed by atoms with E-state index >= 15 is 0 Å². The largest absolute Gasteiger partial charge is 0.324 e. The van der Waals surface area contributed by atoms with Crippen LogP contribution in [-0.2, 0) is 14.8 Å². The highest BCUT2D eigenvalue weighted by Gasteiger charge is 2.22. The second-order valence-electron chi connectivity index (χ2n) is 6.56. The minimum absolute atomic E-state index is 0.128.